The lowest BCUT2D eigenvalue weighted by molar-refractivity contribution is -0.124. The number of hydrogen-bond donors (Lipinski definition) is 3. The average Bonchev–Trinajstić information content (AvgIpc) is 3.38. The molecule has 4 rings (SSSR count). The van der Waals surface area contributed by atoms with Crippen LogP contribution in [0, 0.1) is 0 Å². The predicted octanol–water partition coefficient (Wildman–Crippen LogP) is 2.79. The van der Waals surface area contributed by atoms with Crippen LogP contribution in [0.4, 0.5) is 5.69 Å². The summed E-state index contributed by atoms with van der Waals surface area (Å²) in [5.74, 6) is 0.0782. The molecule has 2 aromatic heterocycles. The minimum atomic E-state index is -0.572. The highest BCUT2D eigenvalue weighted by Crippen LogP contribution is 2.25. The summed E-state index contributed by atoms with van der Waals surface area (Å²) in [6.45, 7) is 1.57. The van der Waals surface area contributed by atoms with Gasteiger partial charge in [0.1, 0.15) is 5.82 Å². The number of para-hydroxylation sites is 1. The Morgan fingerprint density at radius 3 is 2.47 bits per heavy atom. The van der Waals surface area contributed by atoms with Crippen LogP contribution in [0.25, 0.3) is 11.9 Å². The molecule has 1 fully saturated rings. The lowest BCUT2D eigenvalue weighted by Gasteiger charge is -2.34. The van der Waals surface area contributed by atoms with E-state index in [1.54, 1.807) is 23.8 Å². The Morgan fingerprint density at radius 1 is 1.03 bits per heavy atom. The topological polar surface area (TPSA) is 99.5 Å². The normalized spacial score (nSPS) is 14.5. The van der Waals surface area contributed by atoms with Gasteiger partial charge in [0.2, 0.25) is 0 Å². The van der Waals surface area contributed by atoms with Crippen molar-refractivity contribution in [2.24, 2.45) is 0 Å². The third-order valence-electron chi connectivity index (χ3n) is 5.51. The smallest absolute Gasteiger partial charge is 0.267 e. The van der Waals surface area contributed by atoms with E-state index in [2.05, 4.69) is 15.2 Å². The molecule has 2 amide bonds. The monoisotopic (exact) mass is 431 g/mol. The van der Waals surface area contributed by atoms with Crippen molar-refractivity contribution in [1.82, 2.24) is 20.3 Å². The minimum absolute atomic E-state index is 0.0887. The number of piperidine rings is 1. The highest BCUT2D eigenvalue weighted by atomic mass is 16.5. The van der Waals surface area contributed by atoms with Gasteiger partial charge in [0.25, 0.3) is 11.8 Å². The Bertz CT molecular complexity index is 1090. The zero-order valence-corrected chi connectivity index (χ0v) is 17.5. The van der Waals surface area contributed by atoms with E-state index in [0.29, 0.717) is 5.56 Å². The van der Waals surface area contributed by atoms with Crippen LogP contribution in [0.3, 0.4) is 0 Å². The van der Waals surface area contributed by atoms with Crippen LogP contribution in [0.15, 0.2) is 73.2 Å². The Morgan fingerprint density at radius 2 is 1.78 bits per heavy atom. The molecule has 3 heterocycles. The molecule has 8 heteroatoms. The van der Waals surface area contributed by atoms with Gasteiger partial charge in [-0.2, -0.15) is 0 Å². The van der Waals surface area contributed by atoms with Gasteiger partial charge < -0.3 is 14.8 Å². The molecule has 32 heavy (non-hydrogen) atoms. The molecule has 0 bridgehead atoms. The number of carbonyl (C=O) groups excluding carboxylic acids is 2. The van der Waals surface area contributed by atoms with E-state index >= 15 is 0 Å². The van der Waals surface area contributed by atoms with Crippen molar-refractivity contribution in [2.75, 3.05) is 18.0 Å². The van der Waals surface area contributed by atoms with Gasteiger partial charge >= 0.3 is 0 Å². The van der Waals surface area contributed by atoms with Gasteiger partial charge in [-0.15, -0.1) is 0 Å². The minimum Gasteiger partial charge on any atom is -0.371 e. The van der Waals surface area contributed by atoms with Gasteiger partial charge in [0.15, 0.2) is 0 Å². The molecule has 8 nitrogen and oxygen atoms in total. The van der Waals surface area contributed by atoms with Crippen LogP contribution in [-0.2, 0) is 4.79 Å². The van der Waals surface area contributed by atoms with Crippen molar-refractivity contribution in [3.8, 4) is 5.82 Å². The second-order valence-electron chi connectivity index (χ2n) is 7.60. The van der Waals surface area contributed by atoms with E-state index in [9.17, 15) is 9.59 Å². The molecule has 0 atom stereocenters. The number of benzene rings is 1. The van der Waals surface area contributed by atoms with Gasteiger partial charge in [0, 0.05) is 49.5 Å². The van der Waals surface area contributed by atoms with Gasteiger partial charge in [-0.05, 0) is 54.8 Å². The summed E-state index contributed by atoms with van der Waals surface area (Å²) in [5.41, 5.74) is 4.05. The maximum atomic E-state index is 12.7. The van der Waals surface area contributed by atoms with E-state index < -0.39 is 5.91 Å². The van der Waals surface area contributed by atoms with Gasteiger partial charge in [-0.1, -0.05) is 18.2 Å². The molecular formula is C24H25N5O3. The molecule has 0 saturated carbocycles. The summed E-state index contributed by atoms with van der Waals surface area (Å²) in [6, 6.07) is 15.4. The number of amides is 2. The molecule has 1 saturated heterocycles. The van der Waals surface area contributed by atoms with Crippen LogP contribution in [0.2, 0.25) is 0 Å². The zero-order chi connectivity index (χ0) is 22.3. The largest absolute Gasteiger partial charge is 0.371 e. The fraction of sp³-hybridized carbons (Fsp3) is 0.208. The van der Waals surface area contributed by atoms with E-state index in [4.69, 9.17) is 5.21 Å². The summed E-state index contributed by atoms with van der Waals surface area (Å²) in [7, 11) is 0. The first-order valence-corrected chi connectivity index (χ1v) is 10.5. The Kier molecular flexibility index (Phi) is 6.62. The van der Waals surface area contributed by atoms with Crippen LogP contribution >= 0.6 is 0 Å². The number of anilines is 1. The third-order valence-corrected chi connectivity index (χ3v) is 5.51. The number of aromatic nitrogens is 2. The molecule has 1 aliphatic heterocycles. The van der Waals surface area contributed by atoms with Crippen molar-refractivity contribution in [2.45, 2.75) is 18.9 Å². The quantitative estimate of drug-likeness (QED) is 0.317. The second kappa shape index (κ2) is 9.93. The van der Waals surface area contributed by atoms with Crippen molar-refractivity contribution >= 4 is 23.6 Å². The summed E-state index contributed by atoms with van der Waals surface area (Å²) in [5, 5.41) is 11.8. The first-order chi connectivity index (χ1) is 15.6. The van der Waals surface area contributed by atoms with Gasteiger partial charge in [-0.25, -0.2) is 10.5 Å². The molecule has 0 unspecified atom stereocenters. The van der Waals surface area contributed by atoms with Gasteiger partial charge in [0.05, 0.1) is 5.56 Å². The molecule has 3 N–H and O–H groups in total. The van der Waals surface area contributed by atoms with Crippen LogP contribution in [0.5, 0.6) is 0 Å². The molecule has 0 radical (unpaired) electrons. The van der Waals surface area contributed by atoms with Crippen LogP contribution in [0.1, 0.15) is 28.8 Å². The molecule has 3 aromatic rings. The SMILES string of the molecule is O=C(C=Cc1ccccc1N1CCC(NC(=O)c2ccc(-n3cccc3)nc2)CC1)NO. The summed E-state index contributed by atoms with van der Waals surface area (Å²) >= 11 is 0. The first kappa shape index (κ1) is 21.3. The summed E-state index contributed by atoms with van der Waals surface area (Å²) in [4.78, 5) is 30.6. The number of hydroxylamine groups is 1. The van der Waals surface area contributed by atoms with E-state index in [-0.39, 0.29) is 11.9 Å². The third kappa shape index (κ3) is 5.04. The highest BCUT2D eigenvalue weighted by molar-refractivity contribution is 5.94. The number of rotatable bonds is 6. The summed E-state index contributed by atoms with van der Waals surface area (Å²) in [6.07, 6.45) is 10.0. The van der Waals surface area contributed by atoms with E-state index in [1.165, 1.54) is 6.08 Å². The molecule has 164 valence electrons. The van der Waals surface area contributed by atoms with Crippen molar-refractivity contribution in [3.63, 3.8) is 0 Å². The van der Waals surface area contributed by atoms with Crippen molar-refractivity contribution in [1.29, 1.82) is 0 Å². The second-order valence-corrected chi connectivity index (χ2v) is 7.60. The molecular weight excluding hydrogens is 406 g/mol. The van der Waals surface area contributed by atoms with E-state index in [1.807, 2.05) is 59.4 Å². The van der Waals surface area contributed by atoms with Crippen LogP contribution in [-0.4, -0.2) is 45.7 Å². The maximum absolute atomic E-state index is 12.7. The summed E-state index contributed by atoms with van der Waals surface area (Å²) < 4.78 is 1.89. The number of nitrogens with zero attached hydrogens (tertiary/aromatic N) is 3. The highest BCUT2D eigenvalue weighted by Gasteiger charge is 2.22. The number of pyridine rings is 1. The lowest BCUT2D eigenvalue weighted by Crippen LogP contribution is -2.44. The molecule has 1 aromatic carbocycles. The maximum Gasteiger partial charge on any atom is 0.267 e. The first-order valence-electron chi connectivity index (χ1n) is 10.5. The fourth-order valence-corrected chi connectivity index (χ4v) is 3.81. The average molecular weight is 431 g/mol. The number of nitrogens with one attached hydrogen (secondary N) is 2. The Labute approximate surface area is 186 Å². The predicted molar refractivity (Wildman–Crippen MR) is 122 cm³/mol. The zero-order valence-electron chi connectivity index (χ0n) is 17.5. The number of carbonyl (C=O) groups is 2. The molecule has 1 aliphatic rings. The molecule has 0 spiro atoms. The standard InChI is InChI=1S/C24H25N5O3/c30-23(27-32)10-8-18-5-1-2-6-21(18)28-15-11-20(12-16-28)26-24(31)19-7-9-22(25-17-19)29-13-3-4-14-29/h1-10,13-14,17,20,32H,11-12,15-16H2,(H,26,31)(H,27,30). The van der Waals surface area contributed by atoms with Crippen molar-refractivity contribution < 1.29 is 14.8 Å². The Balaban J connectivity index is 1.34. The van der Waals surface area contributed by atoms with Gasteiger partial charge in [-0.3, -0.25) is 14.8 Å². The number of hydrogen-bond acceptors (Lipinski definition) is 5. The van der Waals surface area contributed by atoms with Crippen LogP contribution < -0.4 is 15.7 Å². The Hall–Kier alpha value is -3.91. The van der Waals surface area contributed by atoms with Crippen molar-refractivity contribution in [3.05, 3.63) is 84.3 Å². The van der Waals surface area contributed by atoms with E-state index in [0.717, 1.165) is 43.0 Å². The molecule has 0 aliphatic carbocycles. The lowest BCUT2D eigenvalue weighted by atomic mass is 10.0. The fourth-order valence-electron chi connectivity index (χ4n) is 3.81.